The molecule has 0 aliphatic heterocycles. The minimum absolute atomic E-state index is 0.0718. The summed E-state index contributed by atoms with van der Waals surface area (Å²) in [6.07, 6.45) is 2.79. The molecule has 1 amide bonds. The Morgan fingerprint density at radius 1 is 1.00 bits per heavy atom. The summed E-state index contributed by atoms with van der Waals surface area (Å²) in [5.41, 5.74) is 1.88. The number of methoxy groups -OCH3 is 1. The lowest BCUT2D eigenvalue weighted by Gasteiger charge is -2.26. The smallest absolute Gasteiger partial charge is 0.337 e. The van der Waals surface area contributed by atoms with Gasteiger partial charge < -0.3 is 14.4 Å². The van der Waals surface area contributed by atoms with E-state index in [0.29, 0.717) is 11.1 Å². The van der Waals surface area contributed by atoms with Crippen molar-refractivity contribution in [3.8, 4) is 0 Å². The van der Waals surface area contributed by atoms with Crippen molar-refractivity contribution < 1.29 is 23.9 Å². The normalized spacial score (nSPS) is 10.7. The second-order valence-corrected chi connectivity index (χ2v) is 6.25. The van der Waals surface area contributed by atoms with Gasteiger partial charge in [0.15, 0.2) is 6.61 Å². The number of amides is 1. The van der Waals surface area contributed by atoms with Crippen LogP contribution >= 0.6 is 0 Å². The molecule has 2 rings (SSSR count). The van der Waals surface area contributed by atoms with E-state index in [0.717, 1.165) is 5.69 Å². The van der Waals surface area contributed by atoms with E-state index in [4.69, 9.17) is 4.74 Å². The van der Waals surface area contributed by atoms with Crippen LogP contribution in [0.2, 0.25) is 0 Å². The molecule has 0 spiro atoms. The van der Waals surface area contributed by atoms with Crippen LogP contribution in [-0.4, -0.2) is 37.6 Å². The molecule has 0 saturated carbocycles. The number of benzene rings is 2. The van der Waals surface area contributed by atoms with Crippen LogP contribution in [0.4, 0.5) is 5.69 Å². The molecule has 0 saturated heterocycles. The summed E-state index contributed by atoms with van der Waals surface area (Å²) in [4.78, 5) is 37.4. The molecule has 0 aliphatic carbocycles. The van der Waals surface area contributed by atoms with Gasteiger partial charge in [0.2, 0.25) is 0 Å². The van der Waals surface area contributed by atoms with Crippen LogP contribution in [0.25, 0.3) is 6.08 Å². The molecule has 0 aliphatic rings. The molecular formula is C22H23NO5. The lowest BCUT2D eigenvalue weighted by molar-refractivity contribution is -0.143. The van der Waals surface area contributed by atoms with E-state index < -0.39 is 11.9 Å². The number of hydrogen-bond acceptors (Lipinski definition) is 5. The second kappa shape index (κ2) is 10.1. The zero-order valence-corrected chi connectivity index (χ0v) is 16.1. The van der Waals surface area contributed by atoms with Gasteiger partial charge in [0.25, 0.3) is 5.91 Å². The van der Waals surface area contributed by atoms with Crippen LogP contribution < -0.4 is 4.90 Å². The van der Waals surface area contributed by atoms with Gasteiger partial charge in [-0.15, -0.1) is 0 Å². The Bertz CT molecular complexity index is 841. The molecule has 0 fully saturated rings. The quantitative estimate of drug-likeness (QED) is 0.542. The van der Waals surface area contributed by atoms with Crippen LogP contribution in [0.3, 0.4) is 0 Å². The molecular weight excluding hydrogens is 358 g/mol. The number of para-hydroxylation sites is 1. The number of carbonyl (C=O) groups is 3. The summed E-state index contributed by atoms with van der Waals surface area (Å²) >= 11 is 0. The van der Waals surface area contributed by atoms with Crippen molar-refractivity contribution in [1.82, 2.24) is 0 Å². The van der Waals surface area contributed by atoms with Gasteiger partial charge in [0.05, 0.1) is 12.7 Å². The molecule has 146 valence electrons. The Labute approximate surface area is 164 Å². The predicted octanol–water partition coefficient (Wildman–Crippen LogP) is 3.47. The minimum atomic E-state index is -0.623. The Morgan fingerprint density at radius 2 is 1.64 bits per heavy atom. The minimum Gasteiger partial charge on any atom is -0.465 e. The summed E-state index contributed by atoms with van der Waals surface area (Å²) in [6.45, 7) is 3.44. The van der Waals surface area contributed by atoms with E-state index in [1.807, 2.05) is 44.2 Å². The van der Waals surface area contributed by atoms with Gasteiger partial charge in [0, 0.05) is 17.8 Å². The van der Waals surface area contributed by atoms with E-state index >= 15 is 0 Å². The summed E-state index contributed by atoms with van der Waals surface area (Å²) < 4.78 is 9.70. The fraction of sp³-hybridized carbons (Fsp3) is 0.227. The summed E-state index contributed by atoms with van der Waals surface area (Å²) in [6, 6.07) is 15.7. The van der Waals surface area contributed by atoms with Crippen LogP contribution in [-0.2, 0) is 19.1 Å². The third-order valence-corrected chi connectivity index (χ3v) is 3.90. The average molecular weight is 381 g/mol. The highest BCUT2D eigenvalue weighted by molar-refractivity contribution is 5.97. The van der Waals surface area contributed by atoms with Gasteiger partial charge in [0.1, 0.15) is 0 Å². The van der Waals surface area contributed by atoms with Crippen LogP contribution in [0.15, 0.2) is 60.7 Å². The van der Waals surface area contributed by atoms with E-state index in [1.165, 1.54) is 13.2 Å². The fourth-order valence-electron chi connectivity index (χ4n) is 2.58. The molecule has 0 heterocycles. The van der Waals surface area contributed by atoms with Crippen molar-refractivity contribution in [2.75, 3.05) is 18.6 Å². The SMILES string of the molecule is COC(=O)c1ccc(/C=C/C(=O)OCC(=O)N(c2ccccc2)C(C)C)cc1. The largest absolute Gasteiger partial charge is 0.465 e. The average Bonchev–Trinajstić information content (AvgIpc) is 2.71. The zero-order chi connectivity index (χ0) is 20.5. The first-order valence-corrected chi connectivity index (χ1v) is 8.82. The zero-order valence-electron chi connectivity index (χ0n) is 16.1. The van der Waals surface area contributed by atoms with Crippen LogP contribution in [0.5, 0.6) is 0 Å². The number of hydrogen-bond donors (Lipinski definition) is 0. The molecule has 2 aromatic carbocycles. The number of ether oxygens (including phenoxy) is 2. The highest BCUT2D eigenvalue weighted by Crippen LogP contribution is 2.16. The van der Waals surface area contributed by atoms with Crippen LogP contribution in [0.1, 0.15) is 29.8 Å². The molecule has 0 unspecified atom stereocenters. The maximum Gasteiger partial charge on any atom is 0.337 e. The fourth-order valence-corrected chi connectivity index (χ4v) is 2.58. The Hall–Kier alpha value is -3.41. The standard InChI is InChI=1S/C22H23NO5/c1-16(2)23(19-7-5-4-6-8-19)20(24)15-28-21(25)14-11-17-9-12-18(13-10-17)22(26)27-3/h4-14,16H,15H2,1-3H3/b14-11+. The number of esters is 2. The number of rotatable bonds is 7. The van der Waals surface area contributed by atoms with Gasteiger partial charge >= 0.3 is 11.9 Å². The third-order valence-electron chi connectivity index (χ3n) is 3.90. The van der Waals surface area contributed by atoms with Crippen molar-refractivity contribution in [2.45, 2.75) is 19.9 Å². The van der Waals surface area contributed by atoms with E-state index in [9.17, 15) is 14.4 Å². The maximum absolute atomic E-state index is 12.5. The maximum atomic E-state index is 12.5. The molecule has 0 bridgehead atoms. The van der Waals surface area contributed by atoms with Gasteiger partial charge in [-0.2, -0.15) is 0 Å². The topological polar surface area (TPSA) is 72.9 Å². The van der Waals surface area contributed by atoms with Gasteiger partial charge in [-0.3, -0.25) is 4.79 Å². The van der Waals surface area contributed by atoms with E-state index in [2.05, 4.69) is 4.74 Å². The molecule has 0 aromatic heterocycles. The Balaban J connectivity index is 1.93. The lowest BCUT2D eigenvalue weighted by Crippen LogP contribution is -2.39. The summed E-state index contributed by atoms with van der Waals surface area (Å²) in [5, 5.41) is 0. The van der Waals surface area contributed by atoms with Crippen molar-refractivity contribution in [2.24, 2.45) is 0 Å². The van der Waals surface area contributed by atoms with Crippen LogP contribution in [0, 0.1) is 0 Å². The molecule has 6 heteroatoms. The molecule has 28 heavy (non-hydrogen) atoms. The van der Waals surface area contributed by atoms with Crippen molar-refractivity contribution in [3.63, 3.8) is 0 Å². The van der Waals surface area contributed by atoms with Gasteiger partial charge in [-0.1, -0.05) is 30.3 Å². The second-order valence-electron chi connectivity index (χ2n) is 6.25. The predicted molar refractivity (Wildman–Crippen MR) is 107 cm³/mol. The van der Waals surface area contributed by atoms with E-state index in [-0.39, 0.29) is 18.6 Å². The number of carbonyl (C=O) groups excluding carboxylic acids is 3. The number of nitrogens with zero attached hydrogens (tertiary/aromatic N) is 1. The van der Waals surface area contributed by atoms with Gasteiger partial charge in [-0.05, 0) is 49.8 Å². The molecule has 6 nitrogen and oxygen atoms in total. The van der Waals surface area contributed by atoms with E-state index in [1.54, 1.807) is 35.2 Å². The molecule has 0 atom stereocenters. The van der Waals surface area contributed by atoms with Gasteiger partial charge in [-0.25, -0.2) is 9.59 Å². The number of anilines is 1. The molecule has 2 aromatic rings. The highest BCUT2D eigenvalue weighted by Gasteiger charge is 2.19. The van der Waals surface area contributed by atoms with Crippen molar-refractivity contribution in [1.29, 1.82) is 0 Å². The summed E-state index contributed by atoms with van der Waals surface area (Å²) in [7, 11) is 1.31. The molecule has 0 radical (unpaired) electrons. The molecule has 0 N–H and O–H groups in total. The third kappa shape index (κ3) is 5.81. The van der Waals surface area contributed by atoms with Crippen molar-refractivity contribution >= 4 is 29.6 Å². The highest BCUT2D eigenvalue weighted by atomic mass is 16.5. The Morgan fingerprint density at radius 3 is 2.21 bits per heavy atom. The summed E-state index contributed by atoms with van der Waals surface area (Å²) in [5.74, 6) is -1.35. The first-order valence-electron chi connectivity index (χ1n) is 8.82. The lowest BCUT2D eigenvalue weighted by atomic mass is 10.1. The monoisotopic (exact) mass is 381 g/mol. The Kier molecular flexibility index (Phi) is 7.51. The van der Waals surface area contributed by atoms with Crippen molar-refractivity contribution in [3.05, 3.63) is 71.8 Å². The first kappa shape index (κ1) is 20.9. The first-order chi connectivity index (χ1) is 13.4.